The minimum Gasteiger partial charge on any atom is -0.326 e. The summed E-state index contributed by atoms with van der Waals surface area (Å²) in [5, 5.41) is 0.887. The lowest BCUT2D eigenvalue weighted by Gasteiger charge is -2.26. The Hall–Kier alpha value is -0.590. The molecule has 1 aromatic rings. The average Bonchev–Trinajstić information content (AvgIpc) is 2.41. The summed E-state index contributed by atoms with van der Waals surface area (Å²) >= 11 is 0. The lowest BCUT2D eigenvalue weighted by Crippen LogP contribution is -2.18. The van der Waals surface area contributed by atoms with Gasteiger partial charge in [0.25, 0.3) is 0 Å². The van der Waals surface area contributed by atoms with Gasteiger partial charge in [0.15, 0.2) is 0 Å². The molecule has 1 aliphatic rings. The molecule has 2 nitrogen and oxygen atoms in total. The topological polar surface area (TPSA) is 26.3 Å². The maximum absolute atomic E-state index is 13.1. The summed E-state index contributed by atoms with van der Waals surface area (Å²) in [4.78, 5) is 0. The van der Waals surface area contributed by atoms with Crippen molar-refractivity contribution >= 4 is 12.7 Å². The van der Waals surface area contributed by atoms with Crippen molar-refractivity contribution in [1.29, 1.82) is 0 Å². The van der Waals surface area contributed by atoms with E-state index in [1.54, 1.807) is 0 Å². The van der Waals surface area contributed by atoms with Crippen LogP contribution in [0.1, 0.15) is 39.0 Å². The van der Waals surface area contributed by atoms with Gasteiger partial charge in [-0.3, -0.25) is 4.57 Å². The minimum absolute atomic E-state index is 0.527. The number of hydrogen-bond donors (Lipinski definition) is 0. The fraction of sp³-hybridized carbons (Fsp3) is 0.600. The molecule has 0 bridgehead atoms. The smallest absolute Gasteiger partial charge is 0.232 e. The normalized spacial score (nSPS) is 20.5. The van der Waals surface area contributed by atoms with Gasteiger partial charge in [0.1, 0.15) is 0 Å². The summed E-state index contributed by atoms with van der Waals surface area (Å²) in [6, 6.07) is 9.74. The quantitative estimate of drug-likeness (QED) is 0.746. The molecule has 0 amide bonds. The Morgan fingerprint density at radius 3 is 2.44 bits per heavy atom. The number of rotatable bonds is 5. The predicted molar refractivity (Wildman–Crippen MR) is 76.8 cm³/mol. The van der Waals surface area contributed by atoms with Gasteiger partial charge in [0, 0.05) is 11.5 Å². The van der Waals surface area contributed by atoms with Crippen molar-refractivity contribution in [1.82, 2.24) is 0 Å². The lowest BCUT2D eigenvalue weighted by molar-refractivity contribution is 0.322. The van der Waals surface area contributed by atoms with Gasteiger partial charge in [-0.05, 0) is 37.8 Å². The molecular weight excluding hydrogens is 243 g/mol. The molecule has 1 fully saturated rings. The highest BCUT2D eigenvalue weighted by Gasteiger charge is 2.30. The van der Waals surface area contributed by atoms with Gasteiger partial charge in [0.2, 0.25) is 7.37 Å². The summed E-state index contributed by atoms with van der Waals surface area (Å²) in [6.45, 7) is 2.45. The highest BCUT2D eigenvalue weighted by atomic mass is 31.2. The average molecular weight is 266 g/mol. The van der Waals surface area contributed by atoms with E-state index < -0.39 is 7.37 Å². The van der Waals surface area contributed by atoms with Crippen LogP contribution in [0.25, 0.3) is 0 Å². The van der Waals surface area contributed by atoms with Crippen molar-refractivity contribution < 1.29 is 9.09 Å². The van der Waals surface area contributed by atoms with Gasteiger partial charge in [-0.2, -0.15) is 0 Å². The standard InChI is InChI=1S/C15H23O2P/c1-2-17-18(16,15-11-7-4-8-12-15)13-14-9-5-3-6-10-14/h4,7-8,11-12,14H,2-3,5-6,9-10,13H2,1H3. The first-order valence-corrected chi connectivity index (χ1v) is 8.85. The second-order valence-electron chi connectivity index (χ2n) is 5.11. The molecule has 1 saturated carbocycles. The molecule has 0 aromatic heterocycles. The SMILES string of the molecule is CCOP(=O)(CC1CCCCC1)c1ccccc1. The van der Waals surface area contributed by atoms with Crippen LogP contribution in [0.3, 0.4) is 0 Å². The molecule has 0 radical (unpaired) electrons. The first-order valence-electron chi connectivity index (χ1n) is 7.04. The van der Waals surface area contributed by atoms with Gasteiger partial charge in [-0.25, -0.2) is 0 Å². The summed E-state index contributed by atoms with van der Waals surface area (Å²) < 4.78 is 18.7. The van der Waals surface area contributed by atoms with Gasteiger partial charge < -0.3 is 4.52 Å². The van der Waals surface area contributed by atoms with Crippen molar-refractivity contribution in [2.75, 3.05) is 12.8 Å². The van der Waals surface area contributed by atoms with E-state index in [0.29, 0.717) is 12.5 Å². The van der Waals surface area contributed by atoms with E-state index in [-0.39, 0.29) is 0 Å². The highest BCUT2D eigenvalue weighted by Crippen LogP contribution is 2.49. The highest BCUT2D eigenvalue weighted by molar-refractivity contribution is 7.67. The minimum atomic E-state index is -2.64. The van der Waals surface area contributed by atoms with Crippen molar-refractivity contribution in [3.8, 4) is 0 Å². The molecule has 1 aromatic carbocycles. The van der Waals surface area contributed by atoms with Crippen molar-refractivity contribution in [2.45, 2.75) is 39.0 Å². The second kappa shape index (κ2) is 6.54. The number of hydrogen-bond acceptors (Lipinski definition) is 2. The van der Waals surface area contributed by atoms with Gasteiger partial charge in [0.05, 0.1) is 6.61 Å². The summed E-state index contributed by atoms with van der Waals surface area (Å²) in [5.74, 6) is 0.580. The van der Waals surface area contributed by atoms with Gasteiger partial charge >= 0.3 is 0 Å². The molecule has 3 heteroatoms. The monoisotopic (exact) mass is 266 g/mol. The largest absolute Gasteiger partial charge is 0.326 e. The van der Waals surface area contributed by atoms with Crippen LogP contribution in [0, 0.1) is 5.92 Å². The van der Waals surface area contributed by atoms with Crippen LogP contribution in [-0.4, -0.2) is 12.8 Å². The first-order chi connectivity index (χ1) is 8.74. The molecule has 0 N–H and O–H groups in total. The molecular formula is C15H23O2P. The zero-order valence-corrected chi connectivity index (χ0v) is 12.1. The van der Waals surface area contributed by atoms with Gasteiger partial charge in [-0.1, -0.05) is 37.5 Å². The van der Waals surface area contributed by atoms with E-state index in [0.717, 1.165) is 11.5 Å². The third kappa shape index (κ3) is 3.46. The fourth-order valence-corrected chi connectivity index (χ4v) is 5.36. The van der Waals surface area contributed by atoms with Crippen molar-refractivity contribution in [2.24, 2.45) is 5.92 Å². The molecule has 100 valence electrons. The van der Waals surface area contributed by atoms with Crippen LogP contribution >= 0.6 is 7.37 Å². The molecule has 1 atom stereocenters. The summed E-state index contributed by atoms with van der Waals surface area (Å²) in [6.07, 6.45) is 7.05. The lowest BCUT2D eigenvalue weighted by atomic mass is 9.91. The van der Waals surface area contributed by atoms with E-state index in [9.17, 15) is 4.57 Å². The Bertz CT molecular complexity index is 396. The zero-order chi connectivity index (χ0) is 12.8. The van der Waals surface area contributed by atoms with Crippen LogP contribution < -0.4 is 5.30 Å². The molecule has 18 heavy (non-hydrogen) atoms. The van der Waals surface area contributed by atoms with Crippen molar-refractivity contribution in [3.63, 3.8) is 0 Å². The van der Waals surface area contributed by atoms with Crippen LogP contribution in [0.2, 0.25) is 0 Å². The Labute approximate surface area is 110 Å². The molecule has 0 saturated heterocycles. The molecule has 1 aliphatic carbocycles. The Morgan fingerprint density at radius 1 is 1.17 bits per heavy atom. The van der Waals surface area contributed by atoms with Crippen molar-refractivity contribution in [3.05, 3.63) is 30.3 Å². The zero-order valence-electron chi connectivity index (χ0n) is 11.2. The molecule has 0 heterocycles. The Balaban J connectivity index is 2.13. The van der Waals surface area contributed by atoms with Gasteiger partial charge in [-0.15, -0.1) is 0 Å². The first kappa shape index (κ1) is 13.8. The number of benzene rings is 1. The molecule has 1 unspecified atom stereocenters. The second-order valence-corrected chi connectivity index (χ2v) is 7.60. The molecule has 0 spiro atoms. The van der Waals surface area contributed by atoms with E-state index in [1.807, 2.05) is 37.3 Å². The maximum Gasteiger partial charge on any atom is 0.232 e. The van der Waals surface area contributed by atoms with Crippen LogP contribution in [0.4, 0.5) is 0 Å². The Morgan fingerprint density at radius 2 is 1.83 bits per heavy atom. The van der Waals surface area contributed by atoms with Crippen LogP contribution in [-0.2, 0) is 9.09 Å². The summed E-state index contributed by atoms with van der Waals surface area (Å²) in [5.41, 5.74) is 0. The van der Waals surface area contributed by atoms with Crippen LogP contribution in [0.5, 0.6) is 0 Å². The fourth-order valence-electron chi connectivity index (χ4n) is 2.81. The Kier molecular flexibility index (Phi) is 5.03. The van der Waals surface area contributed by atoms with E-state index >= 15 is 0 Å². The van der Waals surface area contributed by atoms with Crippen LogP contribution in [0.15, 0.2) is 30.3 Å². The third-order valence-corrected chi connectivity index (χ3v) is 6.47. The van der Waals surface area contributed by atoms with E-state index in [4.69, 9.17) is 4.52 Å². The predicted octanol–water partition coefficient (Wildman–Crippen LogP) is 4.21. The summed E-state index contributed by atoms with van der Waals surface area (Å²) in [7, 11) is -2.64. The van der Waals surface area contributed by atoms with E-state index in [1.165, 1.54) is 32.1 Å². The van der Waals surface area contributed by atoms with E-state index in [2.05, 4.69) is 0 Å². The molecule has 2 rings (SSSR count). The maximum atomic E-state index is 13.1. The molecule has 0 aliphatic heterocycles. The third-order valence-electron chi connectivity index (χ3n) is 3.71.